The zero-order valence-corrected chi connectivity index (χ0v) is 13.3. The van der Waals surface area contributed by atoms with Crippen molar-refractivity contribution in [3.8, 4) is 11.4 Å². The third kappa shape index (κ3) is 2.26. The maximum absolute atomic E-state index is 12.5. The van der Waals surface area contributed by atoms with Crippen LogP contribution in [0.5, 0.6) is 0 Å². The molecule has 1 atom stereocenters. The van der Waals surface area contributed by atoms with Crippen molar-refractivity contribution < 1.29 is 14.6 Å². The number of nitrogens with zero attached hydrogens (tertiary/aromatic N) is 2. The second kappa shape index (κ2) is 5.62. The average molecular weight is 314 g/mol. The van der Waals surface area contributed by atoms with Crippen LogP contribution in [0.25, 0.3) is 11.4 Å². The number of cyclic esters (lactones) is 1. The molecule has 0 saturated carbocycles. The van der Waals surface area contributed by atoms with Gasteiger partial charge < -0.3 is 14.4 Å². The summed E-state index contributed by atoms with van der Waals surface area (Å²) in [6.07, 6.45) is 0.338. The number of aliphatic hydroxyl groups excluding tert-OH is 1. The Bertz CT molecular complexity index is 854. The van der Waals surface area contributed by atoms with Crippen LogP contribution in [-0.2, 0) is 22.7 Å². The molecule has 1 unspecified atom stereocenters. The predicted octanol–water partition coefficient (Wildman–Crippen LogP) is 1.70. The number of carbonyl (C=O) groups is 1. The molecule has 0 aromatic carbocycles. The van der Waals surface area contributed by atoms with Crippen LogP contribution in [0.3, 0.4) is 0 Å². The van der Waals surface area contributed by atoms with Crippen molar-refractivity contribution in [3.63, 3.8) is 0 Å². The van der Waals surface area contributed by atoms with Gasteiger partial charge in [-0.25, -0.2) is 4.79 Å². The summed E-state index contributed by atoms with van der Waals surface area (Å²) in [6, 6.07) is 3.67. The number of hydrogen-bond donors (Lipinski definition) is 1. The molecule has 0 aliphatic carbocycles. The third-order valence-corrected chi connectivity index (χ3v) is 3.99. The van der Waals surface area contributed by atoms with Gasteiger partial charge in [-0.15, -0.1) is 0 Å². The molecule has 0 amide bonds. The highest BCUT2D eigenvalue weighted by atomic mass is 16.5. The lowest BCUT2D eigenvalue weighted by molar-refractivity contribution is -0.157. The summed E-state index contributed by atoms with van der Waals surface area (Å²) < 4.78 is 6.45. The molecule has 0 fully saturated rings. The summed E-state index contributed by atoms with van der Waals surface area (Å²) in [6.45, 7) is 6.31. The zero-order chi connectivity index (χ0) is 16.7. The summed E-state index contributed by atoms with van der Waals surface area (Å²) in [5.41, 5.74) is 3.81. The molecule has 6 heteroatoms. The molecule has 1 N–H and O–H groups in total. The molecule has 4 rings (SSSR count). The molecular formula is C17H18N2O4. The van der Waals surface area contributed by atoms with Crippen LogP contribution in [0.15, 0.2) is 23.1 Å². The fraction of sp³-hybridized carbons (Fsp3) is 0.353. The third-order valence-electron chi connectivity index (χ3n) is 3.99. The van der Waals surface area contributed by atoms with Gasteiger partial charge in [0.25, 0.3) is 5.56 Å². The van der Waals surface area contributed by atoms with E-state index in [1.54, 1.807) is 16.8 Å². The first-order valence-electron chi connectivity index (χ1n) is 7.63. The van der Waals surface area contributed by atoms with E-state index in [1.807, 2.05) is 26.8 Å². The van der Waals surface area contributed by atoms with E-state index in [0.717, 1.165) is 16.8 Å². The van der Waals surface area contributed by atoms with Crippen LogP contribution in [0, 0.1) is 6.92 Å². The molecule has 2 aliphatic rings. The quantitative estimate of drug-likeness (QED) is 0.639. The first kappa shape index (κ1) is 15.4. The first-order chi connectivity index (χ1) is 11.1. The number of carbonyl (C=O) groups excluding carboxylic acids is 1. The molecule has 0 bridgehead atoms. The molecule has 6 nitrogen and oxygen atoms in total. The molecule has 0 spiro atoms. The fourth-order valence-corrected chi connectivity index (χ4v) is 2.95. The van der Waals surface area contributed by atoms with Gasteiger partial charge in [0.1, 0.15) is 6.61 Å². The van der Waals surface area contributed by atoms with Gasteiger partial charge in [0, 0.05) is 17.3 Å². The summed E-state index contributed by atoms with van der Waals surface area (Å²) in [7, 11) is 0. The highest BCUT2D eigenvalue weighted by molar-refractivity contribution is 5.79. The average Bonchev–Trinajstić information content (AvgIpc) is 2.91. The van der Waals surface area contributed by atoms with E-state index in [4.69, 9.17) is 4.74 Å². The number of aromatic nitrogens is 2. The topological polar surface area (TPSA) is 81.4 Å². The summed E-state index contributed by atoms with van der Waals surface area (Å²) in [5, 5.41) is 9.93. The number of ether oxygens (including phenoxy) is 1. The maximum atomic E-state index is 12.5. The number of pyridine rings is 2. The minimum Gasteiger partial charge on any atom is -0.458 e. The molecule has 4 heterocycles. The van der Waals surface area contributed by atoms with Crippen molar-refractivity contribution in [1.29, 1.82) is 0 Å². The summed E-state index contributed by atoms with van der Waals surface area (Å²) >= 11 is 0. The molecule has 2 aliphatic heterocycles. The lowest BCUT2D eigenvalue weighted by Gasteiger charge is -2.21. The van der Waals surface area contributed by atoms with Gasteiger partial charge in [-0.2, -0.15) is 0 Å². The first-order valence-corrected chi connectivity index (χ1v) is 7.63. The van der Waals surface area contributed by atoms with Crippen molar-refractivity contribution in [2.45, 2.75) is 40.0 Å². The van der Waals surface area contributed by atoms with E-state index in [1.165, 1.54) is 0 Å². The van der Waals surface area contributed by atoms with Gasteiger partial charge in [-0.1, -0.05) is 19.9 Å². The highest BCUT2D eigenvalue weighted by Crippen LogP contribution is 2.33. The Balaban J connectivity index is 0.000000753. The zero-order valence-electron chi connectivity index (χ0n) is 13.3. The Labute approximate surface area is 133 Å². The molecule has 2 aromatic rings. The second-order valence-electron chi connectivity index (χ2n) is 5.39. The Morgan fingerprint density at radius 2 is 2.04 bits per heavy atom. The van der Waals surface area contributed by atoms with Gasteiger partial charge in [0.2, 0.25) is 0 Å². The normalized spacial score (nSPS) is 17.4. The standard InChI is InChI=1S/C15H12N2O4.C2H6/c1-7-2-8-5-17-11(12(8)16-4-7)3-9-10(14(17)19)6-21-15(20)13(9)18;1-2/h2-4,13,18H,5-6H2,1H3;1-2H3. The Hall–Kier alpha value is -2.47. The Morgan fingerprint density at radius 1 is 1.30 bits per heavy atom. The van der Waals surface area contributed by atoms with E-state index in [-0.39, 0.29) is 12.2 Å². The minimum absolute atomic E-state index is 0.0901. The molecule has 0 saturated heterocycles. The van der Waals surface area contributed by atoms with Gasteiger partial charge >= 0.3 is 5.97 Å². The van der Waals surface area contributed by atoms with Gasteiger partial charge in [0.15, 0.2) is 6.10 Å². The van der Waals surface area contributed by atoms with Crippen LogP contribution >= 0.6 is 0 Å². The van der Waals surface area contributed by atoms with Gasteiger partial charge in [-0.3, -0.25) is 9.78 Å². The van der Waals surface area contributed by atoms with Crippen molar-refractivity contribution in [3.05, 3.63) is 50.9 Å². The number of rotatable bonds is 0. The van der Waals surface area contributed by atoms with Crippen LogP contribution in [-0.4, -0.2) is 20.6 Å². The van der Waals surface area contributed by atoms with Crippen molar-refractivity contribution in [1.82, 2.24) is 9.55 Å². The number of aryl methyl sites for hydroxylation is 1. The lowest BCUT2D eigenvalue weighted by Crippen LogP contribution is -2.32. The van der Waals surface area contributed by atoms with Crippen LogP contribution in [0.1, 0.15) is 42.2 Å². The van der Waals surface area contributed by atoms with E-state index < -0.39 is 12.1 Å². The van der Waals surface area contributed by atoms with Crippen molar-refractivity contribution in [2.75, 3.05) is 0 Å². The molecule has 23 heavy (non-hydrogen) atoms. The molecule has 0 radical (unpaired) electrons. The fourth-order valence-electron chi connectivity index (χ4n) is 2.95. The second-order valence-corrected chi connectivity index (χ2v) is 5.39. The number of aliphatic hydroxyl groups is 1. The monoisotopic (exact) mass is 314 g/mol. The van der Waals surface area contributed by atoms with Gasteiger partial charge in [-0.05, 0) is 18.6 Å². The molecule has 120 valence electrons. The van der Waals surface area contributed by atoms with Crippen LogP contribution in [0.2, 0.25) is 0 Å². The summed E-state index contributed by atoms with van der Waals surface area (Å²) in [4.78, 5) is 28.4. The molecule has 2 aromatic heterocycles. The summed E-state index contributed by atoms with van der Waals surface area (Å²) in [5.74, 6) is -0.720. The van der Waals surface area contributed by atoms with E-state index in [0.29, 0.717) is 23.4 Å². The van der Waals surface area contributed by atoms with E-state index >= 15 is 0 Å². The Kier molecular flexibility index (Phi) is 3.77. The van der Waals surface area contributed by atoms with Crippen molar-refractivity contribution in [2.24, 2.45) is 0 Å². The van der Waals surface area contributed by atoms with Gasteiger partial charge in [0.05, 0.1) is 23.5 Å². The minimum atomic E-state index is -1.40. The number of fused-ring (bicyclic) bond motifs is 4. The SMILES string of the molecule is CC.Cc1cnc2c(c1)Cn1c-2cc2c(c1=O)COC(=O)C2O. The van der Waals surface area contributed by atoms with Crippen LogP contribution in [0.4, 0.5) is 0 Å². The predicted molar refractivity (Wildman–Crippen MR) is 83.9 cm³/mol. The Morgan fingerprint density at radius 3 is 2.78 bits per heavy atom. The van der Waals surface area contributed by atoms with E-state index in [9.17, 15) is 14.7 Å². The lowest BCUT2D eigenvalue weighted by atomic mass is 10.0. The smallest absolute Gasteiger partial charge is 0.340 e. The number of esters is 1. The van der Waals surface area contributed by atoms with E-state index in [2.05, 4.69) is 4.98 Å². The molecular weight excluding hydrogens is 296 g/mol. The van der Waals surface area contributed by atoms with Crippen LogP contribution < -0.4 is 5.56 Å². The maximum Gasteiger partial charge on any atom is 0.340 e. The largest absolute Gasteiger partial charge is 0.458 e. The van der Waals surface area contributed by atoms with Crippen molar-refractivity contribution >= 4 is 5.97 Å². The highest BCUT2D eigenvalue weighted by Gasteiger charge is 2.33. The number of hydrogen-bond acceptors (Lipinski definition) is 5.